The molecule has 0 bridgehead atoms. The molecule has 130 valence electrons. The lowest BCUT2D eigenvalue weighted by Crippen LogP contribution is -2.38. The predicted octanol–water partition coefficient (Wildman–Crippen LogP) is 2.31. The van der Waals surface area contributed by atoms with Crippen LogP contribution in [-0.4, -0.2) is 42.9 Å². The van der Waals surface area contributed by atoms with Crippen LogP contribution in [0, 0.1) is 18.3 Å². The summed E-state index contributed by atoms with van der Waals surface area (Å²) < 4.78 is 1.02. The maximum atomic E-state index is 12.8. The summed E-state index contributed by atoms with van der Waals surface area (Å²) in [6.07, 6.45) is 1.23. The van der Waals surface area contributed by atoms with E-state index in [1.54, 1.807) is 4.90 Å². The number of rotatable bonds is 3. The molecule has 2 amide bonds. The third-order valence-electron chi connectivity index (χ3n) is 5.29. The minimum atomic E-state index is -0.249. The second kappa shape index (κ2) is 6.48. The van der Waals surface area contributed by atoms with E-state index in [0.29, 0.717) is 26.1 Å². The fourth-order valence-electron chi connectivity index (χ4n) is 3.56. The Morgan fingerprint density at radius 2 is 2.21 bits per heavy atom. The minimum Gasteiger partial charge on any atom is -0.342 e. The van der Waals surface area contributed by atoms with Crippen LogP contribution in [0.3, 0.4) is 0 Å². The van der Waals surface area contributed by atoms with Crippen LogP contribution in [0.2, 0.25) is 0 Å². The maximum absolute atomic E-state index is 12.8. The van der Waals surface area contributed by atoms with Gasteiger partial charge in [-0.25, -0.2) is 0 Å². The molecule has 0 radical (unpaired) electrons. The van der Waals surface area contributed by atoms with E-state index < -0.39 is 0 Å². The van der Waals surface area contributed by atoms with Crippen molar-refractivity contribution in [2.45, 2.75) is 26.7 Å². The van der Waals surface area contributed by atoms with E-state index in [4.69, 9.17) is 5.73 Å². The monoisotopic (exact) mass is 393 g/mol. The third kappa shape index (κ3) is 3.22. The molecule has 1 aromatic rings. The molecule has 24 heavy (non-hydrogen) atoms. The van der Waals surface area contributed by atoms with E-state index >= 15 is 0 Å². The fraction of sp³-hybridized carbons (Fsp3) is 0.556. The topological polar surface area (TPSA) is 66.6 Å². The van der Waals surface area contributed by atoms with Gasteiger partial charge in [0, 0.05) is 36.2 Å². The predicted molar refractivity (Wildman–Crippen MR) is 97.7 cm³/mol. The molecule has 3 rings (SSSR count). The zero-order valence-corrected chi connectivity index (χ0v) is 15.8. The molecule has 2 heterocycles. The molecule has 2 fully saturated rings. The Kier molecular flexibility index (Phi) is 4.71. The second-order valence-electron chi connectivity index (χ2n) is 7.36. The Balaban J connectivity index is 1.70. The van der Waals surface area contributed by atoms with Gasteiger partial charge in [-0.2, -0.15) is 0 Å². The highest BCUT2D eigenvalue weighted by Gasteiger charge is 2.41. The van der Waals surface area contributed by atoms with Crippen LogP contribution in [0.15, 0.2) is 22.7 Å². The van der Waals surface area contributed by atoms with Crippen molar-refractivity contribution in [3.8, 4) is 0 Å². The number of hydrogen-bond donors (Lipinski definition) is 1. The van der Waals surface area contributed by atoms with Crippen molar-refractivity contribution in [1.82, 2.24) is 4.90 Å². The van der Waals surface area contributed by atoms with Crippen LogP contribution in [-0.2, 0) is 9.59 Å². The number of nitrogens with two attached hydrogens (primary N) is 1. The summed E-state index contributed by atoms with van der Waals surface area (Å²) in [5.74, 6) is -0.130. The summed E-state index contributed by atoms with van der Waals surface area (Å²) in [4.78, 5) is 28.8. The molecule has 2 saturated heterocycles. The van der Waals surface area contributed by atoms with Gasteiger partial charge in [-0.15, -0.1) is 0 Å². The van der Waals surface area contributed by atoms with Gasteiger partial charge in [-0.3, -0.25) is 9.59 Å². The second-order valence-corrected chi connectivity index (χ2v) is 8.22. The first-order valence-electron chi connectivity index (χ1n) is 8.38. The summed E-state index contributed by atoms with van der Waals surface area (Å²) in [5, 5.41) is 0. The molecule has 6 heteroatoms. The number of carbonyl (C=O) groups excluding carboxylic acids is 2. The molecule has 5 nitrogen and oxygen atoms in total. The van der Waals surface area contributed by atoms with Gasteiger partial charge in [-0.05, 0) is 49.1 Å². The number of benzene rings is 1. The lowest BCUT2D eigenvalue weighted by molar-refractivity contribution is -0.135. The maximum Gasteiger partial charge on any atom is 0.228 e. The van der Waals surface area contributed by atoms with Crippen LogP contribution >= 0.6 is 15.9 Å². The Labute approximate surface area is 151 Å². The quantitative estimate of drug-likeness (QED) is 0.856. The van der Waals surface area contributed by atoms with Crippen LogP contribution < -0.4 is 10.6 Å². The molecule has 0 spiro atoms. The van der Waals surface area contributed by atoms with E-state index in [1.165, 1.54) is 0 Å². The molecular formula is C18H24BrN3O2. The molecule has 1 aromatic carbocycles. The van der Waals surface area contributed by atoms with Crippen molar-refractivity contribution in [3.05, 3.63) is 28.2 Å². The van der Waals surface area contributed by atoms with Gasteiger partial charge in [0.25, 0.3) is 0 Å². The Morgan fingerprint density at radius 1 is 1.46 bits per heavy atom. The highest BCUT2D eigenvalue weighted by atomic mass is 79.9. The largest absolute Gasteiger partial charge is 0.342 e. The zero-order valence-electron chi connectivity index (χ0n) is 14.2. The van der Waals surface area contributed by atoms with Crippen molar-refractivity contribution in [2.24, 2.45) is 17.1 Å². The zero-order chi connectivity index (χ0) is 17.5. The minimum absolute atomic E-state index is 0.0147. The van der Waals surface area contributed by atoms with Crippen LogP contribution in [0.1, 0.15) is 25.3 Å². The van der Waals surface area contributed by atoms with E-state index in [-0.39, 0.29) is 23.1 Å². The van der Waals surface area contributed by atoms with Crippen molar-refractivity contribution >= 4 is 33.4 Å². The van der Waals surface area contributed by atoms with E-state index in [2.05, 4.69) is 22.9 Å². The normalized spacial score (nSPS) is 27.2. The van der Waals surface area contributed by atoms with Gasteiger partial charge in [-0.1, -0.05) is 22.9 Å². The van der Waals surface area contributed by atoms with E-state index in [9.17, 15) is 9.59 Å². The number of hydrogen-bond acceptors (Lipinski definition) is 3. The molecular weight excluding hydrogens is 370 g/mol. The molecule has 0 aliphatic carbocycles. The van der Waals surface area contributed by atoms with Crippen LogP contribution in [0.5, 0.6) is 0 Å². The molecule has 2 aliphatic rings. The highest BCUT2D eigenvalue weighted by molar-refractivity contribution is 9.10. The summed E-state index contributed by atoms with van der Waals surface area (Å²) in [6.45, 7) is 6.62. The SMILES string of the molecule is Cc1cc(N2CC(C(=O)N3CCC(C)(CN)C3)CC2=O)ccc1Br. The molecule has 0 saturated carbocycles. The number of halogens is 1. The van der Waals surface area contributed by atoms with Gasteiger partial charge >= 0.3 is 0 Å². The summed E-state index contributed by atoms with van der Waals surface area (Å²) in [5.41, 5.74) is 7.78. The molecule has 2 N–H and O–H groups in total. The Morgan fingerprint density at radius 3 is 2.83 bits per heavy atom. The Bertz CT molecular complexity index is 678. The highest BCUT2D eigenvalue weighted by Crippen LogP contribution is 2.33. The number of anilines is 1. The van der Waals surface area contributed by atoms with E-state index in [0.717, 1.165) is 28.7 Å². The first-order valence-corrected chi connectivity index (χ1v) is 9.18. The first-order chi connectivity index (χ1) is 11.3. The molecule has 2 aliphatic heterocycles. The number of nitrogens with zero attached hydrogens (tertiary/aromatic N) is 2. The van der Waals surface area contributed by atoms with E-state index in [1.807, 2.05) is 30.0 Å². The van der Waals surface area contributed by atoms with Crippen LogP contribution in [0.25, 0.3) is 0 Å². The Hall–Kier alpha value is -1.40. The van der Waals surface area contributed by atoms with Gasteiger partial charge in [0.1, 0.15) is 0 Å². The lowest BCUT2D eigenvalue weighted by Gasteiger charge is -2.24. The first kappa shape index (κ1) is 17.4. The third-order valence-corrected chi connectivity index (χ3v) is 6.18. The van der Waals surface area contributed by atoms with Gasteiger partial charge in [0.05, 0.1) is 5.92 Å². The standard InChI is InChI=1S/C18H24BrN3O2/c1-12-7-14(3-4-15(12)19)22-9-13(8-16(22)23)17(24)21-6-5-18(2,10-20)11-21/h3-4,7,13H,5-6,8-11,20H2,1-2H3. The van der Waals surface area contributed by atoms with Crippen molar-refractivity contribution in [1.29, 1.82) is 0 Å². The number of aryl methyl sites for hydroxylation is 1. The summed E-state index contributed by atoms with van der Waals surface area (Å²) in [7, 11) is 0. The number of carbonyl (C=O) groups is 2. The van der Waals surface area contributed by atoms with Crippen molar-refractivity contribution < 1.29 is 9.59 Å². The molecule has 0 aromatic heterocycles. The van der Waals surface area contributed by atoms with Crippen molar-refractivity contribution in [3.63, 3.8) is 0 Å². The fourth-order valence-corrected chi connectivity index (χ4v) is 3.80. The lowest BCUT2D eigenvalue weighted by atomic mass is 9.90. The summed E-state index contributed by atoms with van der Waals surface area (Å²) >= 11 is 3.48. The smallest absolute Gasteiger partial charge is 0.228 e. The van der Waals surface area contributed by atoms with Crippen molar-refractivity contribution in [2.75, 3.05) is 31.1 Å². The van der Waals surface area contributed by atoms with Gasteiger partial charge in [0.15, 0.2) is 0 Å². The van der Waals surface area contributed by atoms with Gasteiger partial charge in [0.2, 0.25) is 11.8 Å². The molecule has 2 unspecified atom stereocenters. The average Bonchev–Trinajstić information content (AvgIpc) is 3.14. The number of likely N-dealkylation sites (tertiary alicyclic amines) is 1. The van der Waals surface area contributed by atoms with Gasteiger partial charge < -0.3 is 15.5 Å². The summed E-state index contributed by atoms with van der Waals surface area (Å²) in [6, 6.07) is 5.85. The average molecular weight is 394 g/mol. The number of amides is 2. The van der Waals surface area contributed by atoms with Crippen LogP contribution in [0.4, 0.5) is 5.69 Å². The molecule has 2 atom stereocenters.